The Morgan fingerprint density at radius 2 is 1.29 bits per heavy atom. The van der Waals surface area contributed by atoms with E-state index in [0.717, 1.165) is 35.8 Å². The Balaban J connectivity index is 1.24. The number of rotatable bonds is 10. The molecule has 0 radical (unpaired) electrons. The number of aromatic nitrogens is 1. The van der Waals surface area contributed by atoms with E-state index in [1.165, 1.54) is 96.3 Å². The van der Waals surface area contributed by atoms with Crippen molar-refractivity contribution in [3.05, 3.63) is 24.0 Å². The number of hydrogen-bond donors (Lipinski definition) is 1. The summed E-state index contributed by atoms with van der Waals surface area (Å²) in [4.78, 5) is 4.33. The first-order valence-corrected chi connectivity index (χ1v) is 12.4. The van der Waals surface area contributed by atoms with E-state index in [2.05, 4.69) is 11.9 Å². The van der Waals surface area contributed by atoms with E-state index in [9.17, 15) is 5.11 Å². The molecule has 158 valence electrons. The molecule has 0 aliphatic heterocycles. The zero-order chi connectivity index (χ0) is 19.6. The van der Waals surface area contributed by atoms with Crippen molar-refractivity contribution in [1.82, 2.24) is 4.98 Å². The second-order valence-electron chi connectivity index (χ2n) is 9.89. The van der Waals surface area contributed by atoms with E-state index in [-0.39, 0.29) is 5.75 Å². The molecule has 1 aromatic rings. The Kier molecular flexibility index (Phi) is 9.15. The average molecular weight is 386 g/mol. The SMILES string of the molecule is CCCCCC1CCC(CCC2CCC(CCc3ccc(O)cn3)CC2)CC1. The van der Waals surface area contributed by atoms with Gasteiger partial charge in [0, 0.05) is 5.69 Å². The van der Waals surface area contributed by atoms with Crippen LogP contribution >= 0.6 is 0 Å². The third-order valence-corrected chi connectivity index (χ3v) is 7.75. The van der Waals surface area contributed by atoms with Crippen LogP contribution < -0.4 is 0 Å². The maximum Gasteiger partial charge on any atom is 0.133 e. The van der Waals surface area contributed by atoms with Gasteiger partial charge < -0.3 is 5.11 Å². The number of aromatic hydroxyl groups is 1. The standard InChI is InChI=1S/C26H43NO/c1-2-3-4-5-21-6-8-22(9-7-21)10-11-23-12-14-24(15-13-23)16-17-25-18-19-26(28)20-27-25/h18-24,28H,2-17H2,1H3. The Morgan fingerprint density at radius 1 is 0.750 bits per heavy atom. The molecule has 2 saturated carbocycles. The highest BCUT2D eigenvalue weighted by molar-refractivity contribution is 5.17. The fraction of sp³-hybridized carbons (Fsp3) is 0.808. The van der Waals surface area contributed by atoms with Crippen molar-refractivity contribution in [2.45, 2.75) is 110 Å². The predicted molar refractivity (Wildman–Crippen MR) is 118 cm³/mol. The summed E-state index contributed by atoms with van der Waals surface area (Å²) < 4.78 is 0. The summed E-state index contributed by atoms with van der Waals surface area (Å²) >= 11 is 0. The van der Waals surface area contributed by atoms with Crippen LogP contribution in [0.15, 0.2) is 18.3 Å². The molecule has 0 saturated heterocycles. The van der Waals surface area contributed by atoms with Crippen LogP contribution in [0, 0.1) is 23.7 Å². The van der Waals surface area contributed by atoms with Gasteiger partial charge in [-0.1, -0.05) is 96.8 Å². The topological polar surface area (TPSA) is 33.1 Å². The van der Waals surface area contributed by atoms with Crippen molar-refractivity contribution in [1.29, 1.82) is 0 Å². The van der Waals surface area contributed by atoms with Crippen molar-refractivity contribution >= 4 is 0 Å². The van der Waals surface area contributed by atoms with Gasteiger partial charge in [-0.2, -0.15) is 0 Å². The maximum atomic E-state index is 9.34. The third kappa shape index (κ3) is 7.41. The maximum absolute atomic E-state index is 9.34. The average Bonchev–Trinajstić information content (AvgIpc) is 2.74. The van der Waals surface area contributed by atoms with E-state index in [1.54, 1.807) is 12.3 Å². The first-order valence-electron chi connectivity index (χ1n) is 12.4. The van der Waals surface area contributed by atoms with Gasteiger partial charge in [0.05, 0.1) is 6.20 Å². The number of aryl methyl sites for hydroxylation is 1. The molecule has 0 spiro atoms. The first kappa shape index (κ1) is 21.7. The van der Waals surface area contributed by atoms with Gasteiger partial charge in [0.1, 0.15) is 5.75 Å². The molecule has 0 unspecified atom stereocenters. The van der Waals surface area contributed by atoms with E-state index in [1.807, 2.05) is 6.07 Å². The minimum Gasteiger partial charge on any atom is -0.506 e. The number of unbranched alkanes of at least 4 members (excludes halogenated alkanes) is 2. The van der Waals surface area contributed by atoms with Gasteiger partial charge in [0.15, 0.2) is 0 Å². The van der Waals surface area contributed by atoms with Crippen LogP contribution in [0.3, 0.4) is 0 Å². The van der Waals surface area contributed by atoms with Crippen molar-refractivity contribution in [2.75, 3.05) is 0 Å². The zero-order valence-electron chi connectivity index (χ0n) is 18.2. The van der Waals surface area contributed by atoms with Crippen LogP contribution in [-0.2, 0) is 6.42 Å². The van der Waals surface area contributed by atoms with E-state index >= 15 is 0 Å². The van der Waals surface area contributed by atoms with Crippen molar-refractivity contribution in [3.8, 4) is 5.75 Å². The molecular weight excluding hydrogens is 342 g/mol. The minimum atomic E-state index is 0.272. The summed E-state index contributed by atoms with van der Waals surface area (Å²) in [5, 5.41) is 9.34. The molecule has 2 nitrogen and oxygen atoms in total. The Hall–Kier alpha value is -1.05. The molecule has 0 atom stereocenters. The number of hydrogen-bond acceptors (Lipinski definition) is 2. The van der Waals surface area contributed by atoms with Crippen molar-refractivity contribution in [2.24, 2.45) is 23.7 Å². The summed E-state index contributed by atoms with van der Waals surface area (Å²) in [5.74, 6) is 4.27. The van der Waals surface area contributed by atoms with Crippen LogP contribution in [-0.4, -0.2) is 10.1 Å². The summed E-state index contributed by atoms with van der Waals surface area (Å²) in [7, 11) is 0. The van der Waals surface area contributed by atoms with E-state index in [4.69, 9.17) is 0 Å². The molecule has 0 bridgehead atoms. The fourth-order valence-electron chi connectivity index (χ4n) is 5.69. The van der Waals surface area contributed by atoms with Crippen LogP contribution in [0.4, 0.5) is 0 Å². The highest BCUT2D eigenvalue weighted by Crippen LogP contribution is 2.38. The molecule has 2 fully saturated rings. The van der Waals surface area contributed by atoms with Gasteiger partial charge >= 0.3 is 0 Å². The lowest BCUT2D eigenvalue weighted by molar-refractivity contribution is 0.208. The molecule has 1 N–H and O–H groups in total. The first-order chi connectivity index (χ1) is 13.7. The van der Waals surface area contributed by atoms with Crippen LogP contribution in [0.2, 0.25) is 0 Å². The monoisotopic (exact) mass is 385 g/mol. The van der Waals surface area contributed by atoms with E-state index < -0.39 is 0 Å². The smallest absolute Gasteiger partial charge is 0.133 e. The number of nitrogens with zero attached hydrogens (tertiary/aromatic N) is 1. The van der Waals surface area contributed by atoms with Gasteiger partial charge in [-0.25, -0.2) is 0 Å². The van der Waals surface area contributed by atoms with Gasteiger partial charge in [0.2, 0.25) is 0 Å². The second-order valence-corrected chi connectivity index (χ2v) is 9.89. The summed E-state index contributed by atoms with van der Waals surface area (Å²) in [6, 6.07) is 3.73. The van der Waals surface area contributed by atoms with Crippen LogP contribution in [0.5, 0.6) is 5.75 Å². The van der Waals surface area contributed by atoms with Crippen LogP contribution in [0.1, 0.15) is 109 Å². The molecule has 2 heteroatoms. The van der Waals surface area contributed by atoms with Crippen molar-refractivity contribution < 1.29 is 5.11 Å². The number of pyridine rings is 1. The summed E-state index contributed by atoms with van der Waals surface area (Å²) in [6.45, 7) is 2.32. The largest absolute Gasteiger partial charge is 0.506 e. The Labute approximate surface area is 173 Å². The normalized spacial score (nSPS) is 28.3. The molecule has 0 amide bonds. The fourth-order valence-corrected chi connectivity index (χ4v) is 5.69. The van der Waals surface area contributed by atoms with Gasteiger partial charge in [0.25, 0.3) is 0 Å². The lowest BCUT2D eigenvalue weighted by Gasteiger charge is -2.32. The lowest BCUT2D eigenvalue weighted by Crippen LogP contribution is -2.18. The van der Waals surface area contributed by atoms with Gasteiger partial charge in [-0.05, 0) is 48.6 Å². The van der Waals surface area contributed by atoms with Gasteiger partial charge in [-0.3, -0.25) is 4.98 Å². The molecule has 3 rings (SSSR count). The lowest BCUT2D eigenvalue weighted by atomic mass is 9.74. The molecular formula is C26H43NO. The summed E-state index contributed by atoms with van der Waals surface area (Å²) in [5.41, 5.74) is 1.13. The highest BCUT2D eigenvalue weighted by atomic mass is 16.3. The van der Waals surface area contributed by atoms with Gasteiger partial charge in [-0.15, -0.1) is 0 Å². The predicted octanol–water partition coefficient (Wildman–Crippen LogP) is 7.69. The zero-order valence-corrected chi connectivity index (χ0v) is 18.2. The quantitative estimate of drug-likeness (QED) is 0.419. The Morgan fingerprint density at radius 3 is 1.79 bits per heavy atom. The molecule has 28 heavy (non-hydrogen) atoms. The summed E-state index contributed by atoms with van der Waals surface area (Å²) in [6.07, 6.45) is 24.5. The van der Waals surface area contributed by atoms with Crippen LogP contribution in [0.25, 0.3) is 0 Å². The molecule has 0 aromatic carbocycles. The molecule has 1 aromatic heterocycles. The highest BCUT2D eigenvalue weighted by Gasteiger charge is 2.24. The Bertz CT molecular complexity index is 524. The van der Waals surface area contributed by atoms with E-state index in [0.29, 0.717) is 0 Å². The third-order valence-electron chi connectivity index (χ3n) is 7.75. The van der Waals surface area contributed by atoms with Crippen molar-refractivity contribution in [3.63, 3.8) is 0 Å². The molecule has 2 aliphatic carbocycles. The minimum absolute atomic E-state index is 0.272. The molecule has 2 aliphatic rings. The second kappa shape index (κ2) is 11.8. The molecule has 1 heterocycles.